The Balaban J connectivity index is 1.41. The second kappa shape index (κ2) is 7.51. The molecule has 0 bridgehead atoms. The van der Waals surface area contributed by atoms with E-state index in [-0.39, 0.29) is 18.9 Å². The van der Waals surface area contributed by atoms with Gasteiger partial charge in [0.2, 0.25) is 5.91 Å². The van der Waals surface area contributed by atoms with Gasteiger partial charge in [0.25, 0.3) is 0 Å². The first-order valence-electron chi connectivity index (χ1n) is 8.98. The molecule has 3 aromatic rings. The van der Waals surface area contributed by atoms with Crippen molar-refractivity contribution in [3.63, 3.8) is 0 Å². The molecule has 7 nitrogen and oxygen atoms in total. The van der Waals surface area contributed by atoms with Crippen LogP contribution in [0.1, 0.15) is 24.1 Å². The Hall–Kier alpha value is -3.07. The number of aliphatic hydroxyl groups excluding tert-OH is 1. The van der Waals surface area contributed by atoms with E-state index < -0.39 is 11.6 Å². The Bertz CT molecular complexity index is 1060. The van der Waals surface area contributed by atoms with E-state index in [0.29, 0.717) is 42.7 Å². The highest BCUT2D eigenvalue weighted by Crippen LogP contribution is 2.30. The van der Waals surface area contributed by atoms with Gasteiger partial charge in [-0.3, -0.25) is 9.48 Å². The molecule has 9 heteroatoms. The fourth-order valence-electron chi connectivity index (χ4n) is 3.41. The van der Waals surface area contributed by atoms with E-state index >= 15 is 0 Å². The number of aryl methyl sites for hydroxylation is 1. The third-order valence-electron chi connectivity index (χ3n) is 4.93. The van der Waals surface area contributed by atoms with Gasteiger partial charge in [-0.2, -0.15) is 0 Å². The normalized spacial score (nSPS) is 14.5. The van der Waals surface area contributed by atoms with Crippen LogP contribution < -0.4 is 0 Å². The maximum atomic E-state index is 13.6. The number of fused-ring (bicyclic) bond motifs is 1. The number of nitrogens with one attached hydrogen (secondary N) is 1. The lowest BCUT2D eigenvalue weighted by Crippen LogP contribution is -2.35. The molecule has 0 radical (unpaired) electrons. The minimum atomic E-state index is -0.881. The summed E-state index contributed by atoms with van der Waals surface area (Å²) in [6.07, 6.45) is 6.23. The molecular weight excluding hydrogens is 368 g/mol. The van der Waals surface area contributed by atoms with Crippen molar-refractivity contribution in [1.29, 1.82) is 0 Å². The lowest BCUT2D eigenvalue weighted by Gasteiger charge is -2.26. The number of aliphatic hydroxyl groups is 1. The standard InChI is InChI=1S/C19H19F2N5O2/c20-16-7-14-15(9-22-18(14)8-17(16)21)12-1-4-25(5-2-12)19(28)3-6-26-10-13(11-27)23-24-26/h1,7-10,22,27H,2-6,11H2. The molecule has 0 saturated heterocycles. The molecule has 3 heterocycles. The second-order valence-corrected chi connectivity index (χ2v) is 6.71. The summed E-state index contributed by atoms with van der Waals surface area (Å²) in [7, 11) is 0. The van der Waals surface area contributed by atoms with Crippen molar-refractivity contribution >= 4 is 22.4 Å². The van der Waals surface area contributed by atoms with Gasteiger partial charge in [-0.05, 0) is 18.1 Å². The van der Waals surface area contributed by atoms with Gasteiger partial charge in [-0.25, -0.2) is 8.78 Å². The van der Waals surface area contributed by atoms with Crippen LogP contribution in [0.5, 0.6) is 0 Å². The summed E-state index contributed by atoms with van der Waals surface area (Å²) in [5.74, 6) is -1.75. The largest absolute Gasteiger partial charge is 0.390 e. The predicted octanol–water partition coefficient (Wildman–Crippen LogP) is 2.24. The number of benzene rings is 1. The summed E-state index contributed by atoms with van der Waals surface area (Å²) in [6.45, 7) is 1.23. The molecule has 0 fully saturated rings. The lowest BCUT2D eigenvalue weighted by atomic mass is 9.98. The molecular formula is C19H19F2N5O2. The topological polar surface area (TPSA) is 87.0 Å². The molecule has 0 saturated carbocycles. The summed E-state index contributed by atoms with van der Waals surface area (Å²) in [5, 5.41) is 17.3. The quantitative estimate of drug-likeness (QED) is 0.703. The number of aromatic nitrogens is 4. The van der Waals surface area contributed by atoms with E-state index in [0.717, 1.165) is 17.2 Å². The highest BCUT2D eigenvalue weighted by molar-refractivity contribution is 5.93. The van der Waals surface area contributed by atoms with Gasteiger partial charge in [0.1, 0.15) is 5.69 Å². The van der Waals surface area contributed by atoms with Gasteiger partial charge in [0, 0.05) is 48.2 Å². The number of carbonyl (C=O) groups excluding carboxylic acids is 1. The Kier molecular flexibility index (Phi) is 4.91. The van der Waals surface area contributed by atoms with Crippen molar-refractivity contribution in [3.05, 3.63) is 53.5 Å². The van der Waals surface area contributed by atoms with Crippen LogP contribution in [0.2, 0.25) is 0 Å². The first kappa shape index (κ1) is 18.3. The molecule has 0 atom stereocenters. The van der Waals surface area contributed by atoms with Crippen LogP contribution in [0.3, 0.4) is 0 Å². The van der Waals surface area contributed by atoms with Gasteiger partial charge in [0.05, 0.1) is 19.3 Å². The second-order valence-electron chi connectivity index (χ2n) is 6.71. The number of hydrogen-bond acceptors (Lipinski definition) is 4. The number of amides is 1. The molecule has 1 aliphatic heterocycles. The zero-order valence-corrected chi connectivity index (χ0v) is 15.0. The fraction of sp³-hybridized carbons (Fsp3) is 0.316. The van der Waals surface area contributed by atoms with Crippen LogP contribution in [0.4, 0.5) is 8.78 Å². The van der Waals surface area contributed by atoms with Crippen LogP contribution in [0, 0.1) is 11.6 Å². The summed E-state index contributed by atoms with van der Waals surface area (Å²) >= 11 is 0. The number of rotatable bonds is 5. The zero-order valence-electron chi connectivity index (χ0n) is 15.0. The number of hydrogen-bond donors (Lipinski definition) is 2. The van der Waals surface area contributed by atoms with E-state index in [1.54, 1.807) is 17.3 Å². The maximum Gasteiger partial charge on any atom is 0.224 e. The molecule has 1 amide bonds. The zero-order chi connectivity index (χ0) is 19.7. The summed E-state index contributed by atoms with van der Waals surface area (Å²) in [4.78, 5) is 17.1. The van der Waals surface area contributed by atoms with Crippen LogP contribution in [0.25, 0.3) is 16.5 Å². The molecule has 1 aromatic carbocycles. The average molecular weight is 387 g/mol. The van der Waals surface area contributed by atoms with Gasteiger partial charge in [-0.1, -0.05) is 11.3 Å². The van der Waals surface area contributed by atoms with Gasteiger partial charge in [0.15, 0.2) is 11.6 Å². The number of halogens is 2. The predicted molar refractivity (Wildman–Crippen MR) is 98.0 cm³/mol. The van der Waals surface area contributed by atoms with Crippen LogP contribution in [0.15, 0.2) is 30.6 Å². The minimum Gasteiger partial charge on any atom is -0.390 e. The number of H-pyrrole nitrogens is 1. The average Bonchev–Trinajstić information content (AvgIpc) is 3.33. The van der Waals surface area contributed by atoms with E-state index in [2.05, 4.69) is 15.3 Å². The molecule has 2 N–H and O–H groups in total. The number of aromatic amines is 1. The molecule has 0 aliphatic carbocycles. The molecule has 2 aromatic heterocycles. The summed E-state index contributed by atoms with van der Waals surface area (Å²) < 4.78 is 28.5. The molecule has 0 unspecified atom stereocenters. The highest BCUT2D eigenvalue weighted by Gasteiger charge is 2.20. The highest BCUT2D eigenvalue weighted by atomic mass is 19.2. The molecule has 146 valence electrons. The first-order chi connectivity index (χ1) is 13.5. The molecule has 4 rings (SSSR count). The van der Waals surface area contributed by atoms with Crippen LogP contribution in [-0.4, -0.2) is 49.0 Å². The first-order valence-corrected chi connectivity index (χ1v) is 8.98. The fourth-order valence-corrected chi connectivity index (χ4v) is 3.41. The van der Waals surface area contributed by atoms with Crippen molar-refractivity contribution in [2.45, 2.75) is 26.0 Å². The molecule has 1 aliphatic rings. The third-order valence-corrected chi connectivity index (χ3v) is 4.93. The van der Waals surface area contributed by atoms with Crippen molar-refractivity contribution < 1.29 is 18.7 Å². The van der Waals surface area contributed by atoms with Gasteiger partial charge >= 0.3 is 0 Å². The van der Waals surface area contributed by atoms with Crippen LogP contribution >= 0.6 is 0 Å². The summed E-state index contributed by atoms with van der Waals surface area (Å²) in [6, 6.07) is 2.35. The van der Waals surface area contributed by atoms with Crippen LogP contribution in [-0.2, 0) is 17.9 Å². The minimum absolute atomic E-state index is 0.00314. The number of carbonyl (C=O) groups is 1. The Labute approximate surface area is 159 Å². The van der Waals surface area contributed by atoms with Crippen molar-refractivity contribution in [2.24, 2.45) is 0 Å². The Morgan fingerprint density at radius 1 is 1.29 bits per heavy atom. The van der Waals surface area contributed by atoms with Crippen molar-refractivity contribution in [2.75, 3.05) is 13.1 Å². The van der Waals surface area contributed by atoms with E-state index in [1.807, 2.05) is 6.08 Å². The number of nitrogens with zero attached hydrogens (tertiary/aromatic N) is 4. The van der Waals surface area contributed by atoms with E-state index in [9.17, 15) is 13.6 Å². The van der Waals surface area contributed by atoms with Crippen molar-refractivity contribution in [1.82, 2.24) is 24.9 Å². The smallest absolute Gasteiger partial charge is 0.224 e. The van der Waals surface area contributed by atoms with E-state index in [4.69, 9.17) is 5.11 Å². The lowest BCUT2D eigenvalue weighted by molar-refractivity contribution is -0.131. The summed E-state index contributed by atoms with van der Waals surface area (Å²) in [5.41, 5.74) is 2.85. The maximum absolute atomic E-state index is 13.6. The van der Waals surface area contributed by atoms with Crippen molar-refractivity contribution in [3.8, 4) is 0 Å². The Morgan fingerprint density at radius 2 is 2.11 bits per heavy atom. The third kappa shape index (κ3) is 3.53. The van der Waals surface area contributed by atoms with E-state index in [1.165, 1.54) is 10.7 Å². The van der Waals surface area contributed by atoms with Gasteiger partial charge in [-0.15, -0.1) is 5.10 Å². The van der Waals surface area contributed by atoms with Gasteiger partial charge < -0.3 is 15.0 Å². The monoisotopic (exact) mass is 387 g/mol. The Morgan fingerprint density at radius 3 is 2.82 bits per heavy atom. The molecule has 0 spiro atoms. The molecule has 28 heavy (non-hydrogen) atoms. The SMILES string of the molecule is O=C(CCn1cc(CO)nn1)N1CC=C(c2c[nH]c3cc(F)c(F)cc23)CC1.